The Morgan fingerprint density at radius 3 is 3.00 bits per heavy atom. The molecule has 0 amide bonds. The van der Waals surface area contributed by atoms with Crippen LogP contribution in [0.4, 0.5) is 0 Å². The van der Waals surface area contributed by atoms with Crippen LogP contribution in [0.1, 0.15) is 25.8 Å². The van der Waals surface area contributed by atoms with Gasteiger partial charge in [-0.05, 0) is 28.4 Å². The number of tetrazole rings is 1. The van der Waals surface area contributed by atoms with Gasteiger partial charge in [0.05, 0.1) is 12.5 Å². The zero-order valence-corrected chi connectivity index (χ0v) is 9.83. The number of carboxylic acid groups (broad SMARTS) is 1. The predicted molar refractivity (Wildman–Crippen MR) is 58.3 cm³/mol. The molecule has 0 radical (unpaired) electrons. The van der Waals surface area contributed by atoms with Gasteiger partial charge in [0.15, 0.2) is 0 Å². The summed E-state index contributed by atoms with van der Waals surface area (Å²) in [6.07, 6.45) is 0.605. The smallest absolute Gasteiger partial charge is 0.305 e. The maximum Gasteiger partial charge on any atom is 0.305 e. The van der Waals surface area contributed by atoms with Crippen LogP contribution in [-0.2, 0) is 4.79 Å². The van der Waals surface area contributed by atoms with Crippen molar-refractivity contribution in [2.45, 2.75) is 25.8 Å². The van der Waals surface area contributed by atoms with Crippen LogP contribution in [-0.4, -0.2) is 40.9 Å². The summed E-state index contributed by atoms with van der Waals surface area (Å²) in [4.78, 5) is 10.8. The molecule has 0 aromatic carbocycles. The molecule has 9 heteroatoms. The van der Waals surface area contributed by atoms with E-state index in [1.807, 2.05) is 6.92 Å². The van der Waals surface area contributed by atoms with E-state index < -0.39 is 5.97 Å². The average molecular weight is 254 g/mol. The van der Waals surface area contributed by atoms with Gasteiger partial charge in [0.25, 0.3) is 0 Å². The van der Waals surface area contributed by atoms with Gasteiger partial charge < -0.3 is 5.11 Å². The molecular weight excluding hydrogens is 244 g/mol. The van der Waals surface area contributed by atoms with E-state index in [1.54, 1.807) is 5.38 Å². The van der Waals surface area contributed by atoms with E-state index in [1.165, 1.54) is 16.2 Å². The molecule has 90 valence electrons. The zero-order chi connectivity index (χ0) is 12.3. The fourth-order valence-corrected chi connectivity index (χ4v) is 1.91. The quantitative estimate of drug-likeness (QED) is 0.833. The number of carboxylic acids is 1. The van der Waals surface area contributed by atoms with Gasteiger partial charge in [-0.15, -0.1) is 10.2 Å². The molecule has 0 spiro atoms. The van der Waals surface area contributed by atoms with E-state index in [0.29, 0.717) is 17.9 Å². The van der Waals surface area contributed by atoms with E-state index in [0.717, 1.165) is 0 Å². The molecular formula is C8H10N6O2S. The van der Waals surface area contributed by atoms with Crippen molar-refractivity contribution in [3.8, 4) is 11.5 Å². The Kier molecular flexibility index (Phi) is 3.38. The van der Waals surface area contributed by atoms with Gasteiger partial charge >= 0.3 is 5.97 Å². The predicted octanol–water partition coefficient (Wildman–Crippen LogP) is 0.617. The van der Waals surface area contributed by atoms with E-state index >= 15 is 0 Å². The fourth-order valence-electron chi connectivity index (χ4n) is 1.48. The van der Waals surface area contributed by atoms with Crippen LogP contribution in [0.2, 0.25) is 0 Å². The molecule has 0 aliphatic carbocycles. The maximum atomic E-state index is 10.8. The minimum absolute atomic E-state index is 0.0217. The SMILES string of the molecule is CCC(CC(=O)O)n1nnnc1-c1csnn1. The first-order chi connectivity index (χ1) is 8.22. The Morgan fingerprint density at radius 1 is 1.59 bits per heavy atom. The maximum absolute atomic E-state index is 10.8. The van der Waals surface area contributed by atoms with E-state index in [9.17, 15) is 4.79 Å². The third-order valence-electron chi connectivity index (χ3n) is 2.31. The molecule has 0 aliphatic rings. The Hall–Kier alpha value is -1.90. The van der Waals surface area contributed by atoms with Crippen LogP contribution in [0.25, 0.3) is 11.5 Å². The first-order valence-electron chi connectivity index (χ1n) is 4.99. The van der Waals surface area contributed by atoms with Gasteiger partial charge in [0.2, 0.25) is 5.82 Å². The highest BCUT2D eigenvalue weighted by atomic mass is 32.1. The molecule has 2 aromatic rings. The number of hydrogen-bond acceptors (Lipinski definition) is 7. The third kappa shape index (κ3) is 2.44. The van der Waals surface area contributed by atoms with Crippen LogP contribution in [0.15, 0.2) is 5.38 Å². The molecule has 0 saturated heterocycles. The van der Waals surface area contributed by atoms with E-state index in [-0.39, 0.29) is 12.5 Å². The lowest BCUT2D eigenvalue weighted by Gasteiger charge is -2.12. The minimum Gasteiger partial charge on any atom is -0.481 e. The van der Waals surface area contributed by atoms with Crippen LogP contribution >= 0.6 is 11.5 Å². The molecule has 8 nitrogen and oxygen atoms in total. The molecule has 17 heavy (non-hydrogen) atoms. The molecule has 0 aliphatic heterocycles. The minimum atomic E-state index is -0.880. The van der Waals surface area contributed by atoms with Gasteiger partial charge in [-0.25, -0.2) is 4.68 Å². The van der Waals surface area contributed by atoms with Crippen LogP contribution in [0.3, 0.4) is 0 Å². The van der Waals surface area contributed by atoms with Crippen molar-refractivity contribution in [3.05, 3.63) is 5.38 Å². The molecule has 1 N–H and O–H groups in total. The summed E-state index contributed by atoms with van der Waals surface area (Å²) in [5, 5.41) is 25.7. The summed E-state index contributed by atoms with van der Waals surface area (Å²) in [5.41, 5.74) is 0.559. The summed E-state index contributed by atoms with van der Waals surface area (Å²) in [6.45, 7) is 1.89. The zero-order valence-electron chi connectivity index (χ0n) is 9.02. The van der Waals surface area contributed by atoms with Crippen LogP contribution in [0, 0.1) is 0 Å². The van der Waals surface area contributed by atoms with Crippen molar-refractivity contribution >= 4 is 17.5 Å². The number of aromatic nitrogens is 6. The van der Waals surface area contributed by atoms with Gasteiger partial charge in [-0.3, -0.25) is 4.79 Å². The molecule has 2 aromatic heterocycles. The number of hydrogen-bond donors (Lipinski definition) is 1. The topological polar surface area (TPSA) is 107 Å². The second kappa shape index (κ2) is 4.95. The highest BCUT2D eigenvalue weighted by Crippen LogP contribution is 2.21. The van der Waals surface area contributed by atoms with Crippen molar-refractivity contribution < 1.29 is 9.90 Å². The first kappa shape index (κ1) is 11.6. The van der Waals surface area contributed by atoms with Gasteiger partial charge in [-0.2, -0.15) is 0 Å². The first-order valence-corrected chi connectivity index (χ1v) is 5.83. The summed E-state index contributed by atoms with van der Waals surface area (Å²) in [7, 11) is 0. The van der Waals surface area contributed by atoms with Gasteiger partial charge in [0.1, 0.15) is 5.69 Å². The van der Waals surface area contributed by atoms with Crippen molar-refractivity contribution in [1.82, 2.24) is 29.8 Å². The lowest BCUT2D eigenvalue weighted by Crippen LogP contribution is -2.15. The summed E-state index contributed by atoms with van der Waals surface area (Å²) >= 11 is 1.19. The lowest BCUT2D eigenvalue weighted by atomic mass is 10.1. The molecule has 1 unspecified atom stereocenters. The molecule has 1 atom stereocenters. The van der Waals surface area contributed by atoms with Crippen molar-refractivity contribution in [2.75, 3.05) is 0 Å². The summed E-state index contributed by atoms with van der Waals surface area (Å²) in [5.74, 6) is -0.429. The second-order valence-electron chi connectivity index (χ2n) is 3.40. The highest BCUT2D eigenvalue weighted by Gasteiger charge is 2.20. The largest absolute Gasteiger partial charge is 0.481 e. The van der Waals surface area contributed by atoms with Crippen molar-refractivity contribution in [1.29, 1.82) is 0 Å². The average Bonchev–Trinajstić information content (AvgIpc) is 2.94. The van der Waals surface area contributed by atoms with Crippen LogP contribution < -0.4 is 0 Å². The number of carbonyl (C=O) groups is 1. The molecule has 0 saturated carbocycles. The third-order valence-corrected chi connectivity index (χ3v) is 2.81. The van der Waals surface area contributed by atoms with Gasteiger partial charge in [0, 0.05) is 5.38 Å². The Bertz CT molecular complexity index is 496. The lowest BCUT2D eigenvalue weighted by molar-refractivity contribution is -0.138. The van der Waals surface area contributed by atoms with E-state index in [2.05, 4.69) is 25.1 Å². The highest BCUT2D eigenvalue weighted by molar-refractivity contribution is 7.03. The Balaban J connectivity index is 2.32. The summed E-state index contributed by atoms with van der Waals surface area (Å²) < 4.78 is 5.22. The molecule has 2 rings (SSSR count). The van der Waals surface area contributed by atoms with Crippen LogP contribution in [0.5, 0.6) is 0 Å². The van der Waals surface area contributed by atoms with Gasteiger partial charge in [-0.1, -0.05) is 11.4 Å². The second-order valence-corrected chi connectivity index (χ2v) is 4.01. The molecule has 0 fully saturated rings. The van der Waals surface area contributed by atoms with Crippen molar-refractivity contribution in [3.63, 3.8) is 0 Å². The summed E-state index contributed by atoms with van der Waals surface area (Å²) in [6, 6.07) is -0.279. The number of nitrogens with zero attached hydrogens (tertiary/aromatic N) is 6. The Labute approximate surface area is 100 Å². The fraction of sp³-hybridized carbons (Fsp3) is 0.500. The van der Waals surface area contributed by atoms with Crippen molar-refractivity contribution in [2.24, 2.45) is 0 Å². The molecule has 0 bridgehead atoms. The number of rotatable bonds is 5. The standard InChI is InChI=1S/C8H10N6O2S/c1-2-5(3-7(15)16)14-8(10-11-12-14)6-4-17-13-9-6/h4-5H,2-3H2,1H3,(H,15,16). The molecule has 2 heterocycles. The van der Waals surface area contributed by atoms with E-state index in [4.69, 9.17) is 5.11 Å². The monoisotopic (exact) mass is 254 g/mol. The Morgan fingerprint density at radius 2 is 2.41 bits per heavy atom. The number of aliphatic carboxylic acids is 1. The normalized spacial score (nSPS) is 12.5.